The molecule has 0 saturated carbocycles. The van der Waals surface area contributed by atoms with Crippen LogP contribution in [0.3, 0.4) is 0 Å². The number of aldehydes is 1. The van der Waals surface area contributed by atoms with Crippen LogP contribution in [0.5, 0.6) is 0 Å². The number of hydrogen-bond donors (Lipinski definition) is 3. The Bertz CT molecular complexity index is 248. The molecule has 7 heteroatoms. The van der Waals surface area contributed by atoms with Crippen LogP contribution in [0.2, 0.25) is 0 Å². The van der Waals surface area contributed by atoms with Crippen LogP contribution in [0, 0.1) is 0 Å². The van der Waals surface area contributed by atoms with Crippen molar-refractivity contribution in [1.29, 1.82) is 0 Å². The maximum absolute atomic E-state index is 10.5. The fourth-order valence-corrected chi connectivity index (χ4v) is 1.68. The Labute approximate surface area is 109 Å². The normalized spacial score (nSPS) is 22.8. The van der Waals surface area contributed by atoms with E-state index in [4.69, 9.17) is 10.6 Å². The van der Waals surface area contributed by atoms with E-state index in [9.17, 15) is 4.79 Å². The summed E-state index contributed by atoms with van der Waals surface area (Å²) in [5.41, 5.74) is 8.63. The molecule has 7 nitrogen and oxygen atoms in total. The molecule has 0 spiro atoms. The van der Waals surface area contributed by atoms with Crippen molar-refractivity contribution >= 4 is 12.0 Å². The van der Waals surface area contributed by atoms with Gasteiger partial charge in [-0.3, -0.25) is 16.1 Å². The van der Waals surface area contributed by atoms with Gasteiger partial charge >= 0.3 is 0 Å². The molecule has 0 amide bonds. The number of hydrogen-bond acceptors (Lipinski definition) is 6. The Kier molecular flexibility index (Phi) is 9.39. The lowest BCUT2D eigenvalue weighted by molar-refractivity contribution is -0.902. The fraction of sp³-hybridized carbons (Fsp3) is 0.818. The van der Waals surface area contributed by atoms with E-state index in [1.54, 1.807) is 7.05 Å². The van der Waals surface area contributed by atoms with E-state index < -0.39 is 0 Å². The molecule has 1 fully saturated rings. The number of likely N-dealkylation sites (N-methyl/N-ethyl adjacent to an activating group) is 1. The number of carbonyl (C=O) groups is 1. The highest BCUT2D eigenvalue weighted by Gasteiger charge is 2.27. The second kappa shape index (κ2) is 9.95. The first-order valence-electron chi connectivity index (χ1n) is 6.14. The van der Waals surface area contributed by atoms with Gasteiger partial charge in [0.2, 0.25) is 0 Å². The second-order valence-electron chi connectivity index (χ2n) is 4.48. The minimum Gasteiger partial charge on any atom is -0.394 e. The number of quaternary nitrogens is 1. The molecule has 0 aromatic rings. The highest BCUT2D eigenvalue weighted by Crippen LogP contribution is 2.13. The van der Waals surface area contributed by atoms with Gasteiger partial charge in [0.1, 0.15) is 13.2 Å². The van der Waals surface area contributed by atoms with Crippen LogP contribution in [0.15, 0.2) is 5.16 Å². The number of oxime groups is 1. The Balaban J connectivity index is 0.000000873. The lowest BCUT2D eigenvalue weighted by Gasteiger charge is -2.36. The minimum atomic E-state index is 0.476. The van der Waals surface area contributed by atoms with Gasteiger partial charge in [0, 0.05) is 19.4 Å². The van der Waals surface area contributed by atoms with E-state index in [1.165, 1.54) is 0 Å². The first-order chi connectivity index (χ1) is 8.61. The van der Waals surface area contributed by atoms with Crippen molar-refractivity contribution in [1.82, 2.24) is 5.43 Å². The third-order valence-electron chi connectivity index (χ3n) is 2.80. The molecule has 0 atom stereocenters. The maximum atomic E-state index is 10.5. The standard InChI is InChI=1S/C10H20N3O2.CH6N2/c1-13(7-8-14)5-2-10(3-6-13)12-15-9-4-11;1-3-2/h8H,2-7,9,11H2,1H3;3H,2H2,1H3/q+1;. The van der Waals surface area contributed by atoms with Gasteiger partial charge in [-0.05, 0) is 7.05 Å². The van der Waals surface area contributed by atoms with Gasteiger partial charge in [0.05, 0.1) is 25.8 Å². The first-order valence-corrected chi connectivity index (χ1v) is 6.14. The van der Waals surface area contributed by atoms with Gasteiger partial charge in [-0.25, -0.2) is 0 Å². The van der Waals surface area contributed by atoms with Crippen LogP contribution in [0.4, 0.5) is 0 Å². The third-order valence-corrected chi connectivity index (χ3v) is 2.80. The number of likely N-dealkylation sites (tertiary alicyclic amines) is 1. The van der Waals surface area contributed by atoms with Gasteiger partial charge in [-0.15, -0.1) is 0 Å². The van der Waals surface area contributed by atoms with Crippen LogP contribution in [0.1, 0.15) is 12.8 Å². The van der Waals surface area contributed by atoms with Crippen LogP contribution in [-0.4, -0.2) is 63.4 Å². The van der Waals surface area contributed by atoms with Crippen molar-refractivity contribution in [2.75, 3.05) is 46.9 Å². The highest BCUT2D eigenvalue weighted by atomic mass is 16.6. The van der Waals surface area contributed by atoms with Crippen molar-refractivity contribution in [2.24, 2.45) is 16.7 Å². The van der Waals surface area contributed by atoms with Crippen molar-refractivity contribution < 1.29 is 14.1 Å². The molecule has 1 aliphatic rings. The van der Waals surface area contributed by atoms with Gasteiger partial charge in [-0.2, -0.15) is 0 Å². The number of hydrazine groups is 1. The predicted molar refractivity (Wildman–Crippen MR) is 71.8 cm³/mol. The Morgan fingerprint density at radius 1 is 1.50 bits per heavy atom. The molecule has 1 heterocycles. The van der Waals surface area contributed by atoms with E-state index in [0.717, 1.165) is 42.4 Å². The summed E-state index contributed by atoms with van der Waals surface area (Å²) in [6.07, 6.45) is 2.82. The van der Waals surface area contributed by atoms with Crippen LogP contribution < -0.4 is 17.0 Å². The van der Waals surface area contributed by atoms with Crippen LogP contribution >= 0.6 is 0 Å². The number of nitrogens with zero attached hydrogens (tertiary/aromatic N) is 2. The highest BCUT2D eigenvalue weighted by molar-refractivity contribution is 5.84. The molecule has 1 aliphatic heterocycles. The number of piperidine rings is 1. The van der Waals surface area contributed by atoms with E-state index in [-0.39, 0.29) is 0 Å². The second-order valence-corrected chi connectivity index (χ2v) is 4.48. The molecular weight excluding hydrogens is 234 g/mol. The summed E-state index contributed by atoms with van der Waals surface area (Å²) in [6.45, 7) is 3.49. The number of rotatable bonds is 5. The molecule has 106 valence electrons. The Hall–Kier alpha value is -1.02. The van der Waals surface area contributed by atoms with Crippen molar-refractivity contribution in [3.05, 3.63) is 0 Å². The van der Waals surface area contributed by atoms with Crippen LogP contribution in [-0.2, 0) is 9.63 Å². The zero-order valence-electron chi connectivity index (χ0n) is 11.4. The summed E-state index contributed by atoms with van der Waals surface area (Å²) in [7, 11) is 3.76. The SMILES string of the molecule is CNN.C[N+]1(CC=O)CCC(=NOCCN)CC1. The summed E-state index contributed by atoms with van der Waals surface area (Å²) in [5.74, 6) is 4.60. The third kappa shape index (κ3) is 7.33. The lowest BCUT2D eigenvalue weighted by Crippen LogP contribution is -2.51. The van der Waals surface area contributed by atoms with E-state index in [0.29, 0.717) is 19.7 Å². The lowest BCUT2D eigenvalue weighted by atomic mass is 10.1. The number of carbonyl (C=O) groups excluding carboxylic acids is 1. The molecule has 5 N–H and O–H groups in total. The molecule has 0 radical (unpaired) electrons. The molecule has 0 aliphatic carbocycles. The van der Waals surface area contributed by atoms with Crippen LogP contribution in [0.25, 0.3) is 0 Å². The maximum Gasteiger partial charge on any atom is 0.174 e. The minimum absolute atomic E-state index is 0.476. The molecule has 1 saturated heterocycles. The molecular formula is C11H26N5O2+. The predicted octanol–water partition coefficient (Wildman–Crippen LogP) is -1.16. The Morgan fingerprint density at radius 3 is 2.50 bits per heavy atom. The summed E-state index contributed by atoms with van der Waals surface area (Å²) in [6, 6.07) is 0. The quantitative estimate of drug-likeness (QED) is 0.190. The van der Waals surface area contributed by atoms with Gasteiger partial charge in [0.15, 0.2) is 6.29 Å². The number of nitrogens with two attached hydrogens (primary N) is 2. The van der Waals surface area contributed by atoms with Crippen molar-refractivity contribution in [3.63, 3.8) is 0 Å². The smallest absolute Gasteiger partial charge is 0.174 e. The van der Waals surface area contributed by atoms with Crippen molar-refractivity contribution in [3.8, 4) is 0 Å². The zero-order chi connectivity index (χ0) is 13.9. The van der Waals surface area contributed by atoms with E-state index in [2.05, 4.69) is 23.5 Å². The van der Waals surface area contributed by atoms with Gasteiger partial charge in [0.25, 0.3) is 0 Å². The van der Waals surface area contributed by atoms with Crippen molar-refractivity contribution in [2.45, 2.75) is 12.8 Å². The monoisotopic (exact) mass is 260 g/mol. The summed E-state index contributed by atoms with van der Waals surface area (Å²) in [5, 5.41) is 4.04. The largest absolute Gasteiger partial charge is 0.394 e. The Morgan fingerprint density at radius 2 is 2.06 bits per heavy atom. The van der Waals surface area contributed by atoms with E-state index >= 15 is 0 Å². The topological polar surface area (TPSA) is 103 Å². The molecule has 18 heavy (non-hydrogen) atoms. The molecule has 0 aromatic carbocycles. The first kappa shape index (κ1) is 17.0. The summed E-state index contributed by atoms with van der Waals surface area (Å²) < 4.78 is 0.819. The summed E-state index contributed by atoms with van der Waals surface area (Å²) >= 11 is 0. The van der Waals surface area contributed by atoms with Gasteiger partial charge < -0.3 is 15.1 Å². The summed E-state index contributed by atoms with van der Waals surface area (Å²) in [4.78, 5) is 15.5. The fourth-order valence-electron chi connectivity index (χ4n) is 1.68. The average Bonchev–Trinajstić information content (AvgIpc) is 2.33. The molecule has 0 aromatic heterocycles. The van der Waals surface area contributed by atoms with E-state index in [1.807, 2.05) is 0 Å². The molecule has 0 bridgehead atoms. The number of nitrogens with one attached hydrogen (secondary N) is 1. The molecule has 0 unspecified atom stereocenters. The molecule has 1 rings (SSSR count). The zero-order valence-corrected chi connectivity index (χ0v) is 11.4. The average molecular weight is 260 g/mol. The van der Waals surface area contributed by atoms with Gasteiger partial charge in [-0.1, -0.05) is 5.16 Å².